The number of carboxylic acid groups (broad SMARTS) is 2. The minimum atomic E-state index is -5.27. The van der Waals surface area contributed by atoms with Crippen LogP contribution in [0, 0.1) is 29.4 Å². The summed E-state index contributed by atoms with van der Waals surface area (Å²) in [5.74, 6) is -12.0. The number of pyridine rings is 1. The second-order valence-electron chi connectivity index (χ2n) is 19.0. The molecule has 1 unspecified atom stereocenters. The summed E-state index contributed by atoms with van der Waals surface area (Å²) in [6, 6.07) is 2.49. The largest absolute Gasteiger partial charge is 0.481 e. The summed E-state index contributed by atoms with van der Waals surface area (Å²) in [4.78, 5) is 67.1. The number of hydrogen-bond acceptors (Lipinski definition) is 13. The first-order chi connectivity index (χ1) is 36.8. The third-order valence-corrected chi connectivity index (χ3v) is 15.9. The van der Waals surface area contributed by atoms with Crippen molar-refractivity contribution in [1.82, 2.24) is 35.2 Å². The second kappa shape index (κ2) is 21.5. The summed E-state index contributed by atoms with van der Waals surface area (Å²) in [5, 5.41) is 28.2. The fraction of sp³-hybridized carbons (Fsp3) is 0.404. The van der Waals surface area contributed by atoms with E-state index in [1.165, 1.54) is 13.8 Å². The van der Waals surface area contributed by atoms with Crippen LogP contribution in [0.1, 0.15) is 79.0 Å². The van der Waals surface area contributed by atoms with Crippen molar-refractivity contribution in [2.75, 3.05) is 23.4 Å². The highest BCUT2D eigenvalue weighted by molar-refractivity contribution is 7.93. The Morgan fingerprint density at radius 3 is 2.14 bits per heavy atom. The van der Waals surface area contributed by atoms with Crippen LogP contribution >= 0.6 is 11.6 Å². The molecule has 2 aromatic carbocycles. The average Bonchev–Trinajstić information content (AvgIpc) is 4.07. The number of hydrogen-bond donors (Lipinski definition) is 4. The van der Waals surface area contributed by atoms with Gasteiger partial charge in [0.25, 0.3) is 5.92 Å². The molecule has 2 aliphatic rings. The predicted octanol–water partition coefficient (Wildman–Crippen LogP) is 6.63. The molecule has 33 heteroatoms. The predicted molar refractivity (Wildman–Crippen MR) is 258 cm³/mol. The van der Waals surface area contributed by atoms with E-state index >= 15 is 8.78 Å². The Morgan fingerprint density at radius 2 is 1.56 bits per heavy atom. The summed E-state index contributed by atoms with van der Waals surface area (Å²) >= 11 is 6.61. The maximum absolute atomic E-state index is 15.6. The number of nitrogens with one attached hydrogen (secondary N) is 2. The van der Waals surface area contributed by atoms with Crippen LogP contribution in [0.15, 0.2) is 42.5 Å². The quantitative estimate of drug-likeness (QED) is 0.0432. The number of alkyl halides is 8. The molecule has 5 aromatic rings. The van der Waals surface area contributed by atoms with Gasteiger partial charge >= 0.3 is 36.3 Å². The molecule has 0 spiro atoms. The lowest BCUT2D eigenvalue weighted by atomic mass is 9.93. The number of fused-ring (bicyclic) bond motifs is 4. The first-order valence-electron chi connectivity index (χ1n) is 23.0. The van der Waals surface area contributed by atoms with Gasteiger partial charge in [-0.25, -0.2) is 40.2 Å². The number of halogens is 11. The molecule has 20 nitrogen and oxygen atoms in total. The van der Waals surface area contributed by atoms with E-state index in [2.05, 4.69) is 32.3 Å². The molecule has 4 N–H and O–H groups in total. The minimum absolute atomic E-state index is 0.114. The van der Waals surface area contributed by atoms with Crippen LogP contribution in [-0.2, 0) is 75.4 Å². The van der Waals surface area contributed by atoms with Crippen LogP contribution in [0.3, 0.4) is 0 Å². The van der Waals surface area contributed by atoms with E-state index in [0.29, 0.717) is 12.3 Å². The molecular formula is C47H41ClF10N8O12S2. The number of carbonyl (C=O) groups excluding carboxylic acids is 3. The molecule has 7 rings (SSSR count). The van der Waals surface area contributed by atoms with Crippen LogP contribution in [0.5, 0.6) is 0 Å². The molecule has 0 saturated heterocycles. The average molecular weight is 1200 g/mol. The molecule has 1 saturated carbocycles. The Balaban J connectivity index is 1.45. The van der Waals surface area contributed by atoms with Crippen LogP contribution in [0.4, 0.5) is 54.5 Å². The van der Waals surface area contributed by atoms with E-state index < -0.39 is 203 Å². The van der Waals surface area contributed by atoms with Crippen LogP contribution in [-0.4, -0.2) is 118 Å². The van der Waals surface area contributed by atoms with Gasteiger partial charge in [0.1, 0.15) is 47.5 Å². The molecular weight excluding hydrogens is 1160 g/mol. The normalized spacial score (nSPS) is 16.6. The fourth-order valence-electron chi connectivity index (χ4n) is 8.75. The molecule has 0 radical (unpaired) electrons. The number of sulfonamides is 1. The second-order valence-corrected chi connectivity index (χ2v) is 23.8. The summed E-state index contributed by atoms with van der Waals surface area (Å²) in [5.41, 5.74) is -6.71. The van der Waals surface area contributed by atoms with Crippen molar-refractivity contribution in [3.63, 3.8) is 0 Å². The van der Waals surface area contributed by atoms with E-state index in [1.54, 1.807) is 0 Å². The molecule has 0 bridgehead atoms. The number of ether oxygens (including phenoxy) is 1. The number of benzene rings is 2. The number of aliphatic carboxylic acids is 2. The lowest BCUT2D eigenvalue weighted by molar-refractivity contribution is -0.150. The number of aromatic nitrogens is 5. The van der Waals surface area contributed by atoms with Gasteiger partial charge < -0.3 is 25.6 Å². The molecule has 3 amide bonds. The van der Waals surface area contributed by atoms with Crippen molar-refractivity contribution < 1.29 is 99.7 Å². The van der Waals surface area contributed by atoms with Crippen molar-refractivity contribution in [3.8, 4) is 23.0 Å². The topological polar surface area (TPSA) is 279 Å². The van der Waals surface area contributed by atoms with Gasteiger partial charge in [-0.3, -0.25) is 23.7 Å². The van der Waals surface area contributed by atoms with Crippen molar-refractivity contribution in [2.24, 2.45) is 5.92 Å². The summed E-state index contributed by atoms with van der Waals surface area (Å²) in [6.45, 7) is -2.26. The van der Waals surface area contributed by atoms with Crippen molar-refractivity contribution in [3.05, 3.63) is 93.0 Å². The van der Waals surface area contributed by atoms with Crippen molar-refractivity contribution in [2.45, 2.75) is 93.6 Å². The highest BCUT2D eigenvalue weighted by Crippen LogP contribution is 2.68. The number of rotatable bonds is 17. The Labute approximate surface area is 450 Å². The van der Waals surface area contributed by atoms with Gasteiger partial charge in [0.05, 0.1) is 40.0 Å². The Kier molecular flexibility index (Phi) is 16.2. The highest BCUT2D eigenvalue weighted by Gasteiger charge is 2.68. The smallest absolute Gasteiger partial charge is 0.435 e. The van der Waals surface area contributed by atoms with Gasteiger partial charge in [0.2, 0.25) is 15.9 Å². The number of amides is 3. The fourth-order valence-corrected chi connectivity index (χ4v) is 9.99. The van der Waals surface area contributed by atoms with Gasteiger partial charge in [-0.15, -0.1) is 0 Å². The number of carboxylic acids is 2. The van der Waals surface area contributed by atoms with E-state index in [4.69, 9.17) is 21.4 Å². The van der Waals surface area contributed by atoms with Crippen LogP contribution < -0.4 is 14.9 Å². The molecule has 0 aliphatic heterocycles. The third kappa shape index (κ3) is 12.9. The first kappa shape index (κ1) is 60.1. The number of carbonyl (C=O) groups is 5. The zero-order valence-corrected chi connectivity index (χ0v) is 43.8. The lowest BCUT2D eigenvalue weighted by Gasteiger charge is -2.23. The maximum Gasteiger partial charge on any atom is 0.435 e. The number of anilines is 1. The highest BCUT2D eigenvalue weighted by atomic mass is 35.5. The number of nitrogens with zero attached hydrogens (tertiary/aromatic N) is 6. The Bertz CT molecular complexity index is 3670. The Morgan fingerprint density at radius 1 is 0.925 bits per heavy atom. The standard InChI is InChI=1S/C47H41ClF10N8O12S2/c1-44(2,79(3,74)75)12-11-24-5-7-26(36(59-24)31(15-21-13-22(49)16-23(50)14-21)61-32(67)18-64-39-34(38(62-64)47(56,57)58)28-17-29(28)46(39,54)55)27-8-9-30(48)35-37(27)65(20-45(51,52)53)63-40(35)66(80(4,76)77)43(73)78-19-25(6-10-33(68)69)60-41(70)42(71)72/h5,7-9,13-14,16,25,28-29,31H,6,10,15,17-20H2,1-4H3,(H,60,70)(H,61,67)(H,68,69)(H,71,72)/t25-,28-,29?,31-/m0/s1. The zero-order valence-electron chi connectivity index (χ0n) is 41.4. The van der Waals surface area contributed by atoms with E-state index in [-0.39, 0.29) is 31.3 Å². The van der Waals surface area contributed by atoms with Gasteiger partial charge in [-0.1, -0.05) is 23.6 Å². The summed E-state index contributed by atoms with van der Waals surface area (Å²) in [6.07, 6.45) is -13.8. The first-order valence-corrected chi connectivity index (χ1v) is 27.1. The lowest BCUT2D eigenvalue weighted by Crippen LogP contribution is -2.44. The monoisotopic (exact) mass is 1200 g/mol. The molecule has 1 fully saturated rings. The zero-order chi connectivity index (χ0) is 59.6. The summed E-state index contributed by atoms with van der Waals surface area (Å²) in [7, 11) is -9.10. The van der Waals surface area contributed by atoms with E-state index in [0.717, 1.165) is 42.7 Å². The van der Waals surface area contributed by atoms with Crippen molar-refractivity contribution in [1.29, 1.82) is 0 Å². The van der Waals surface area contributed by atoms with E-state index in [9.17, 15) is 81.0 Å². The van der Waals surface area contributed by atoms with Gasteiger partial charge in [-0.2, -0.15) is 49.6 Å². The molecule has 80 heavy (non-hydrogen) atoms. The van der Waals surface area contributed by atoms with Crippen LogP contribution in [0.25, 0.3) is 22.0 Å². The molecule has 430 valence electrons. The minimum Gasteiger partial charge on any atom is -0.481 e. The van der Waals surface area contributed by atoms with Crippen LogP contribution in [0.2, 0.25) is 5.02 Å². The third-order valence-electron chi connectivity index (χ3n) is 12.6. The molecule has 2 aliphatic carbocycles. The SMILES string of the molecule is CC(C)(C#Cc1ccc(-c2ccc(Cl)c3c(N(C(=O)OC[C@H](CCC(=O)O)NC(=O)C(=O)O)S(C)(=O)=O)nn(CC(F)(F)F)c23)c([C@H](Cc2cc(F)cc(F)c2)NC(=O)Cn2nc(C(F)(F)F)c3c2C(F)(F)C2C[C@H]32)n1)S(C)(=O)=O. The molecule has 3 aromatic heterocycles. The van der Waals surface area contributed by atoms with E-state index in [1.807, 2.05) is 5.32 Å². The maximum atomic E-state index is 15.6. The Hall–Kier alpha value is -7.53. The van der Waals surface area contributed by atoms with Gasteiger partial charge in [-0.05, 0) is 80.8 Å². The number of sulfone groups is 1. The summed E-state index contributed by atoms with van der Waals surface area (Å²) < 4.78 is 203. The molecule has 4 atom stereocenters. The molecule has 3 heterocycles. The van der Waals surface area contributed by atoms with Crippen molar-refractivity contribution >= 4 is 78.0 Å². The van der Waals surface area contributed by atoms with Gasteiger partial charge in [0, 0.05) is 41.4 Å². The van der Waals surface area contributed by atoms with Gasteiger partial charge in [0.15, 0.2) is 21.3 Å².